The van der Waals surface area contributed by atoms with E-state index in [9.17, 15) is 14.4 Å². The van der Waals surface area contributed by atoms with Crippen molar-refractivity contribution >= 4 is 51.9 Å². The number of thiophene rings is 1. The zero-order valence-corrected chi connectivity index (χ0v) is 20.0. The minimum Gasteiger partial charge on any atom is -0.397 e. The van der Waals surface area contributed by atoms with E-state index in [0.29, 0.717) is 21.0 Å². The van der Waals surface area contributed by atoms with Crippen LogP contribution in [0.2, 0.25) is 0 Å². The molecule has 1 aromatic heterocycles. The second-order valence-corrected chi connectivity index (χ2v) is 9.87. The van der Waals surface area contributed by atoms with E-state index < -0.39 is 5.91 Å². The maximum Gasteiger partial charge on any atom is 0.259 e. The van der Waals surface area contributed by atoms with Gasteiger partial charge in [0.25, 0.3) is 5.91 Å². The summed E-state index contributed by atoms with van der Waals surface area (Å²) in [6, 6.07) is 25.1. The topological polar surface area (TPSA) is 89.3 Å². The number of carbonyl (C=O) groups is 3. The van der Waals surface area contributed by atoms with E-state index in [1.807, 2.05) is 31.2 Å². The van der Waals surface area contributed by atoms with Gasteiger partial charge in [0.05, 0.1) is 26.1 Å². The molecule has 1 heterocycles. The van der Waals surface area contributed by atoms with Crippen molar-refractivity contribution in [1.82, 2.24) is 0 Å². The van der Waals surface area contributed by atoms with Crippen LogP contribution in [0.15, 0.2) is 89.1 Å². The van der Waals surface area contributed by atoms with Crippen LogP contribution < -0.4 is 11.1 Å². The molecule has 1 amide bonds. The molecule has 0 aliphatic rings. The summed E-state index contributed by atoms with van der Waals surface area (Å²) < 4.78 is 0.533. The Morgan fingerprint density at radius 3 is 2.06 bits per heavy atom. The minimum absolute atomic E-state index is 0.0709. The Kier molecular flexibility index (Phi) is 7.25. The summed E-state index contributed by atoms with van der Waals surface area (Å²) in [7, 11) is 0. The predicted molar refractivity (Wildman–Crippen MR) is 139 cm³/mol. The van der Waals surface area contributed by atoms with Crippen LogP contribution >= 0.6 is 23.1 Å². The number of hydrogen-bond donors (Lipinski definition) is 2. The van der Waals surface area contributed by atoms with E-state index in [2.05, 4.69) is 5.32 Å². The number of carbonyl (C=O) groups excluding carboxylic acids is 3. The third-order valence-corrected chi connectivity index (χ3v) is 7.60. The lowest BCUT2D eigenvalue weighted by molar-refractivity contribution is 0.101. The highest BCUT2D eigenvalue weighted by Crippen LogP contribution is 2.40. The largest absolute Gasteiger partial charge is 0.397 e. The van der Waals surface area contributed by atoms with Gasteiger partial charge in [0.1, 0.15) is 0 Å². The minimum atomic E-state index is -0.417. The summed E-state index contributed by atoms with van der Waals surface area (Å²) in [5.74, 6) is -0.625. The lowest BCUT2D eigenvalue weighted by atomic mass is 10.1. The molecular weight excluding hydrogens is 464 g/mol. The van der Waals surface area contributed by atoms with Gasteiger partial charge in [-0.1, -0.05) is 78.4 Å². The fourth-order valence-corrected chi connectivity index (χ4v) is 5.65. The molecule has 0 aliphatic heterocycles. The second kappa shape index (κ2) is 10.5. The highest BCUT2D eigenvalue weighted by atomic mass is 32.2. The average Bonchev–Trinajstić information content (AvgIpc) is 3.20. The molecule has 0 spiro atoms. The van der Waals surface area contributed by atoms with E-state index in [1.54, 1.807) is 60.7 Å². The van der Waals surface area contributed by atoms with Crippen molar-refractivity contribution in [2.45, 2.75) is 11.1 Å². The summed E-state index contributed by atoms with van der Waals surface area (Å²) in [6.45, 7) is 1.96. The molecule has 3 N–H and O–H groups in total. The number of nitrogen functional groups attached to an aromatic ring is 1. The number of hydrogen-bond acceptors (Lipinski definition) is 6. The van der Waals surface area contributed by atoms with Crippen LogP contribution in [0, 0.1) is 6.92 Å². The quantitative estimate of drug-likeness (QED) is 0.232. The molecule has 7 heteroatoms. The lowest BCUT2D eigenvalue weighted by Crippen LogP contribution is -2.15. The van der Waals surface area contributed by atoms with E-state index in [1.165, 1.54) is 11.8 Å². The number of amides is 1. The Labute approximate surface area is 206 Å². The number of thioether (sulfide) groups is 1. The molecule has 0 aliphatic carbocycles. The number of rotatable bonds is 8. The monoisotopic (exact) mass is 486 g/mol. The van der Waals surface area contributed by atoms with Gasteiger partial charge in [0, 0.05) is 16.8 Å². The third-order valence-electron chi connectivity index (χ3n) is 5.12. The van der Waals surface area contributed by atoms with Crippen molar-refractivity contribution in [3.63, 3.8) is 0 Å². The van der Waals surface area contributed by atoms with Crippen LogP contribution in [0.4, 0.5) is 11.4 Å². The molecule has 4 rings (SSSR count). The van der Waals surface area contributed by atoms with Gasteiger partial charge in [-0.15, -0.1) is 23.1 Å². The molecule has 4 aromatic rings. The molecule has 0 fully saturated rings. The molecular formula is C27H22N2O3S2. The van der Waals surface area contributed by atoms with Gasteiger partial charge in [-0.3, -0.25) is 14.4 Å². The van der Waals surface area contributed by atoms with Gasteiger partial charge in [0.2, 0.25) is 5.78 Å². The lowest BCUT2D eigenvalue weighted by Gasteiger charge is -2.08. The molecule has 170 valence electrons. The number of nitrogens with two attached hydrogens (primary N) is 1. The Bertz CT molecular complexity index is 1330. The Morgan fingerprint density at radius 1 is 0.853 bits per heavy atom. The summed E-state index contributed by atoms with van der Waals surface area (Å²) in [6.07, 6.45) is 0. The van der Waals surface area contributed by atoms with Crippen LogP contribution in [0.5, 0.6) is 0 Å². The first-order valence-electron chi connectivity index (χ1n) is 10.5. The smallest absolute Gasteiger partial charge is 0.259 e. The van der Waals surface area contributed by atoms with E-state index in [0.717, 1.165) is 16.9 Å². The predicted octanol–water partition coefficient (Wildman–Crippen LogP) is 6.10. The van der Waals surface area contributed by atoms with Crippen LogP contribution in [0.3, 0.4) is 0 Å². The van der Waals surface area contributed by atoms with Crippen molar-refractivity contribution in [2.75, 3.05) is 16.8 Å². The third kappa shape index (κ3) is 5.27. The van der Waals surface area contributed by atoms with E-state index >= 15 is 0 Å². The van der Waals surface area contributed by atoms with E-state index in [-0.39, 0.29) is 33.4 Å². The number of ketones is 2. The second-order valence-electron chi connectivity index (χ2n) is 7.60. The number of anilines is 2. The van der Waals surface area contributed by atoms with Crippen molar-refractivity contribution in [3.8, 4) is 0 Å². The van der Waals surface area contributed by atoms with Crippen LogP contribution in [0.25, 0.3) is 0 Å². The first-order chi connectivity index (χ1) is 16.4. The van der Waals surface area contributed by atoms with Crippen molar-refractivity contribution in [3.05, 3.63) is 112 Å². The van der Waals surface area contributed by atoms with Gasteiger partial charge in [-0.2, -0.15) is 0 Å². The standard InChI is InChI=1S/C27H22N2O3S2/c1-17-12-14-20(15-13-17)29-26(32)22-23(28)25(24(31)19-10-6-3-7-11-19)34-27(22)33-16-21(30)18-8-4-2-5-9-18/h2-15H,16,28H2,1H3,(H,29,32). The first-order valence-corrected chi connectivity index (χ1v) is 12.4. The molecule has 0 saturated heterocycles. The number of benzene rings is 3. The fourth-order valence-electron chi connectivity index (χ4n) is 3.30. The van der Waals surface area contributed by atoms with Gasteiger partial charge in [0.15, 0.2) is 5.78 Å². The Hall–Kier alpha value is -3.68. The zero-order chi connectivity index (χ0) is 24.1. The average molecular weight is 487 g/mol. The van der Waals surface area contributed by atoms with Gasteiger partial charge < -0.3 is 11.1 Å². The van der Waals surface area contributed by atoms with Gasteiger partial charge in [-0.05, 0) is 19.1 Å². The maximum absolute atomic E-state index is 13.2. The zero-order valence-electron chi connectivity index (χ0n) is 18.4. The van der Waals surface area contributed by atoms with Crippen molar-refractivity contribution in [1.29, 1.82) is 0 Å². The Balaban J connectivity index is 1.66. The number of aryl methyl sites for hydroxylation is 1. The normalized spacial score (nSPS) is 10.6. The molecule has 0 bridgehead atoms. The molecule has 3 aromatic carbocycles. The van der Waals surface area contributed by atoms with Gasteiger partial charge in [-0.25, -0.2) is 0 Å². The van der Waals surface area contributed by atoms with Crippen molar-refractivity contribution in [2.24, 2.45) is 0 Å². The summed E-state index contributed by atoms with van der Waals surface area (Å²) >= 11 is 2.36. The van der Waals surface area contributed by atoms with Crippen LogP contribution in [-0.2, 0) is 0 Å². The molecule has 0 unspecified atom stereocenters. The number of Topliss-reactive ketones (excluding diaryl/α,β-unsaturated/α-hetero) is 1. The summed E-state index contributed by atoms with van der Waals surface area (Å²) in [5.41, 5.74) is 9.47. The first kappa shape index (κ1) is 23.5. The summed E-state index contributed by atoms with van der Waals surface area (Å²) in [5, 5.41) is 2.86. The molecule has 0 saturated carbocycles. The van der Waals surface area contributed by atoms with Gasteiger partial charge >= 0.3 is 0 Å². The highest BCUT2D eigenvalue weighted by Gasteiger charge is 2.27. The number of nitrogens with one attached hydrogen (secondary N) is 1. The molecule has 34 heavy (non-hydrogen) atoms. The molecule has 5 nitrogen and oxygen atoms in total. The molecule has 0 radical (unpaired) electrons. The fraction of sp³-hybridized carbons (Fsp3) is 0.0741. The molecule has 0 atom stereocenters. The Morgan fingerprint density at radius 2 is 1.44 bits per heavy atom. The SMILES string of the molecule is Cc1ccc(NC(=O)c2c(SCC(=O)c3ccccc3)sc(C(=O)c3ccccc3)c2N)cc1. The van der Waals surface area contributed by atoms with E-state index in [4.69, 9.17) is 5.73 Å². The highest BCUT2D eigenvalue weighted by molar-refractivity contribution is 8.01. The maximum atomic E-state index is 13.2. The summed E-state index contributed by atoms with van der Waals surface area (Å²) in [4.78, 5) is 39.3. The van der Waals surface area contributed by atoms with Crippen LogP contribution in [0.1, 0.15) is 41.5 Å². The van der Waals surface area contributed by atoms with Crippen LogP contribution in [-0.4, -0.2) is 23.2 Å². The van der Waals surface area contributed by atoms with Crippen molar-refractivity contribution < 1.29 is 14.4 Å².